The third-order valence-corrected chi connectivity index (χ3v) is 3.87. The monoisotopic (exact) mass is 309 g/mol. The van der Waals surface area contributed by atoms with Gasteiger partial charge in [0.2, 0.25) is 11.9 Å². The number of carbonyl (C=O) groups is 1. The van der Waals surface area contributed by atoms with E-state index in [1.165, 1.54) is 23.9 Å². The molecule has 1 aromatic carbocycles. The molecule has 2 aromatic rings. The van der Waals surface area contributed by atoms with Gasteiger partial charge in [-0.3, -0.25) is 9.36 Å². The standard InChI is InChI=1S/C13H16FN5OS/c1-19-12(15)17-18-13(19)21-8-11(20)16-7-6-9-2-4-10(14)5-3-9/h2-5H,6-8H2,1H3,(H2,15,17)(H,16,20). The van der Waals surface area contributed by atoms with Crippen molar-refractivity contribution in [1.29, 1.82) is 0 Å². The van der Waals surface area contributed by atoms with Crippen LogP contribution in [-0.2, 0) is 18.3 Å². The second-order valence-corrected chi connectivity index (χ2v) is 5.36. The van der Waals surface area contributed by atoms with Crippen LogP contribution in [0.1, 0.15) is 5.56 Å². The van der Waals surface area contributed by atoms with Crippen LogP contribution < -0.4 is 11.1 Å². The zero-order valence-corrected chi connectivity index (χ0v) is 12.4. The number of halogens is 1. The van der Waals surface area contributed by atoms with Gasteiger partial charge in [-0.15, -0.1) is 10.2 Å². The first kappa shape index (κ1) is 15.3. The lowest BCUT2D eigenvalue weighted by atomic mass is 10.1. The molecular formula is C13H16FN5OS. The Morgan fingerprint density at radius 2 is 2.10 bits per heavy atom. The van der Waals surface area contributed by atoms with Crippen molar-refractivity contribution in [1.82, 2.24) is 20.1 Å². The second kappa shape index (κ2) is 7.07. The molecule has 0 spiro atoms. The minimum Gasteiger partial charge on any atom is -0.368 e. The summed E-state index contributed by atoms with van der Waals surface area (Å²) in [6, 6.07) is 6.23. The van der Waals surface area contributed by atoms with E-state index in [-0.39, 0.29) is 17.5 Å². The third kappa shape index (κ3) is 4.45. The van der Waals surface area contributed by atoms with Crippen molar-refractivity contribution in [3.05, 3.63) is 35.6 Å². The topological polar surface area (TPSA) is 85.8 Å². The number of benzene rings is 1. The van der Waals surface area contributed by atoms with E-state index in [0.29, 0.717) is 24.1 Å². The normalized spacial score (nSPS) is 10.6. The largest absolute Gasteiger partial charge is 0.368 e. The van der Waals surface area contributed by atoms with Gasteiger partial charge in [0.15, 0.2) is 5.16 Å². The van der Waals surface area contributed by atoms with E-state index in [1.807, 2.05) is 0 Å². The maximum atomic E-state index is 12.7. The van der Waals surface area contributed by atoms with Crippen molar-refractivity contribution in [3.8, 4) is 0 Å². The predicted octanol–water partition coefficient (Wildman–Crippen LogP) is 0.987. The maximum absolute atomic E-state index is 12.7. The van der Waals surface area contributed by atoms with Crippen LogP contribution in [0.2, 0.25) is 0 Å². The van der Waals surface area contributed by atoms with Crippen molar-refractivity contribution in [2.24, 2.45) is 7.05 Å². The molecule has 1 amide bonds. The van der Waals surface area contributed by atoms with E-state index in [4.69, 9.17) is 5.73 Å². The maximum Gasteiger partial charge on any atom is 0.230 e. The Kier molecular flexibility index (Phi) is 5.15. The van der Waals surface area contributed by atoms with Crippen LogP contribution in [-0.4, -0.2) is 33.0 Å². The Morgan fingerprint density at radius 3 is 2.71 bits per heavy atom. The predicted molar refractivity (Wildman–Crippen MR) is 79.3 cm³/mol. The van der Waals surface area contributed by atoms with E-state index in [9.17, 15) is 9.18 Å². The number of nitrogens with two attached hydrogens (primary N) is 1. The number of nitrogen functional groups attached to an aromatic ring is 1. The first-order chi connectivity index (χ1) is 10.1. The van der Waals surface area contributed by atoms with Gasteiger partial charge in [0, 0.05) is 13.6 Å². The molecule has 0 radical (unpaired) electrons. The van der Waals surface area contributed by atoms with Gasteiger partial charge in [0.25, 0.3) is 0 Å². The van der Waals surface area contributed by atoms with Crippen LogP contribution in [0, 0.1) is 5.82 Å². The molecule has 0 aliphatic carbocycles. The van der Waals surface area contributed by atoms with Crippen molar-refractivity contribution < 1.29 is 9.18 Å². The molecule has 1 heterocycles. The summed E-state index contributed by atoms with van der Waals surface area (Å²) in [7, 11) is 1.74. The van der Waals surface area contributed by atoms with Gasteiger partial charge in [-0.05, 0) is 24.1 Å². The summed E-state index contributed by atoms with van der Waals surface area (Å²) in [6.45, 7) is 0.506. The summed E-state index contributed by atoms with van der Waals surface area (Å²) >= 11 is 1.27. The van der Waals surface area contributed by atoms with Gasteiger partial charge in [-0.25, -0.2) is 4.39 Å². The van der Waals surface area contributed by atoms with Crippen molar-refractivity contribution in [3.63, 3.8) is 0 Å². The molecule has 0 saturated carbocycles. The summed E-state index contributed by atoms with van der Waals surface area (Å²) in [5.41, 5.74) is 6.53. The number of hydrogen-bond acceptors (Lipinski definition) is 5. The molecule has 112 valence electrons. The number of hydrogen-bond donors (Lipinski definition) is 2. The summed E-state index contributed by atoms with van der Waals surface area (Å²) in [6.07, 6.45) is 0.660. The first-order valence-electron chi connectivity index (χ1n) is 6.35. The highest BCUT2D eigenvalue weighted by Gasteiger charge is 2.09. The Morgan fingerprint density at radius 1 is 1.38 bits per heavy atom. The number of aromatic nitrogens is 3. The smallest absolute Gasteiger partial charge is 0.230 e. The van der Waals surface area contributed by atoms with Gasteiger partial charge in [-0.2, -0.15) is 0 Å². The van der Waals surface area contributed by atoms with Crippen LogP contribution in [0.25, 0.3) is 0 Å². The SMILES string of the molecule is Cn1c(N)nnc1SCC(=O)NCCc1ccc(F)cc1. The molecule has 0 fully saturated rings. The summed E-state index contributed by atoms with van der Waals surface area (Å²) in [5, 5.41) is 11.0. The lowest BCUT2D eigenvalue weighted by molar-refractivity contribution is -0.118. The fraction of sp³-hybridized carbons (Fsp3) is 0.308. The van der Waals surface area contributed by atoms with Gasteiger partial charge >= 0.3 is 0 Å². The quantitative estimate of drug-likeness (QED) is 0.777. The Balaban J connectivity index is 1.70. The second-order valence-electron chi connectivity index (χ2n) is 4.41. The number of anilines is 1. The molecule has 21 heavy (non-hydrogen) atoms. The molecule has 1 aromatic heterocycles. The molecule has 0 atom stereocenters. The fourth-order valence-electron chi connectivity index (χ4n) is 1.63. The van der Waals surface area contributed by atoms with Crippen LogP contribution in [0.3, 0.4) is 0 Å². The summed E-state index contributed by atoms with van der Waals surface area (Å²) in [4.78, 5) is 11.7. The number of nitrogens with one attached hydrogen (secondary N) is 1. The zero-order valence-electron chi connectivity index (χ0n) is 11.5. The first-order valence-corrected chi connectivity index (χ1v) is 7.33. The Hall–Kier alpha value is -2.09. The van der Waals surface area contributed by atoms with E-state index >= 15 is 0 Å². The molecular weight excluding hydrogens is 293 g/mol. The highest BCUT2D eigenvalue weighted by atomic mass is 32.2. The molecule has 0 saturated heterocycles. The van der Waals surface area contributed by atoms with Gasteiger partial charge in [-0.1, -0.05) is 23.9 Å². The molecule has 0 unspecified atom stereocenters. The van der Waals surface area contributed by atoms with Crippen LogP contribution >= 0.6 is 11.8 Å². The van der Waals surface area contributed by atoms with Gasteiger partial charge < -0.3 is 11.1 Å². The highest BCUT2D eigenvalue weighted by molar-refractivity contribution is 7.99. The molecule has 0 aliphatic rings. The van der Waals surface area contributed by atoms with E-state index in [0.717, 1.165) is 5.56 Å². The zero-order chi connectivity index (χ0) is 15.2. The van der Waals surface area contributed by atoms with E-state index < -0.39 is 0 Å². The van der Waals surface area contributed by atoms with Gasteiger partial charge in [0.05, 0.1) is 5.75 Å². The van der Waals surface area contributed by atoms with Crippen LogP contribution in [0.15, 0.2) is 29.4 Å². The molecule has 2 rings (SSSR count). The van der Waals surface area contributed by atoms with Gasteiger partial charge in [0.1, 0.15) is 5.82 Å². The molecule has 6 nitrogen and oxygen atoms in total. The van der Waals surface area contributed by atoms with E-state index in [1.54, 1.807) is 23.7 Å². The van der Waals surface area contributed by atoms with Crippen molar-refractivity contribution in [2.75, 3.05) is 18.0 Å². The summed E-state index contributed by atoms with van der Waals surface area (Å²) < 4.78 is 14.4. The lowest BCUT2D eigenvalue weighted by Crippen LogP contribution is -2.27. The Labute approximate surface area is 125 Å². The van der Waals surface area contributed by atoms with Crippen LogP contribution in [0.4, 0.5) is 10.3 Å². The number of nitrogens with zero attached hydrogens (tertiary/aromatic N) is 3. The minimum absolute atomic E-state index is 0.0938. The average Bonchev–Trinajstić information content (AvgIpc) is 2.79. The van der Waals surface area contributed by atoms with Crippen molar-refractivity contribution in [2.45, 2.75) is 11.6 Å². The molecule has 8 heteroatoms. The number of rotatable bonds is 6. The van der Waals surface area contributed by atoms with E-state index in [2.05, 4.69) is 15.5 Å². The Bertz CT molecular complexity index is 614. The third-order valence-electron chi connectivity index (χ3n) is 2.85. The minimum atomic E-state index is -0.262. The number of thioether (sulfide) groups is 1. The fourth-order valence-corrected chi connectivity index (χ4v) is 2.38. The number of amides is 1. The van der Waals surface area contributed by atoms with Crippen LogP contribution in [0.5, 0.6) is 0 Å². The number of carbonyl (C=O) groups excluding carboxylic acids is 1. The lowest BCUT2D eigenvalue weighted by Gasteiger charge is -2.05. The highest BCUT2D eigenvalue weighted by Crippen LogP contribution is 2.15. The van der Waals surface area contributed by atoms with Crippen molar-refractivity contribution >= 4 is 23.6 Å². The molecule has 0 bridgehead atoms. The molecule has 3 N–H and O–H groups in total. The average molecular weight is 309 g/mol. The molecule has 0 aliphatic heterocycles. The summed E-state index contributed by atoms with van der Waals surface area (Å²) in [5.74, 6) is 0.204.